The Balaban J connectivity index is 2.89. The molecule has 0 aliphatic carbocycles. The average Bonchev–Trinajstić information content (AvgIpc) is 2.44. The molecule has 1 aromatic carbocycles. The Bertz CT molecular complexity index is 564. The third kappa shape index (κ3) is 5.48. The second-order valence-electron chi connectivity index (χ2n) is 4.47. The van der Waals surface area contributed by atoms with Crippen molar-refractivity contribution < 1.29 is 14.3 Å². The molecule has 0 radical (unpaired) electrons. The smallest absolute Gasteiger partial charge is 0.328 e. The Morgan fingerprint density at radius 2 is 1.90 bits per heavy atom. The molecule has 1 N–H and O–H groups in total. The molecule has 21 heavy (non-hydrogen) atoms. The summed E-state index contributed by atoms with van der Waals surface area (Å²) in [6.07, 6.45) is 0.198. The van der Waals surface area contributed by atoms with Gasteiger partial charge in [-0.15, -0.1) is 0 Å². The van der Waals surface area contributed by atoms with Crippen LogP contribution in [0.4, 0.5) is 0 Å². The number of benzene rings is 1. The van der Waals surface area contributed by atoms with Crippen LogP contribution in [0.2, 0.25) is 0 Å². The van der Waals surface area contributed by atoms with E-state index in [9.17, 15) is 9.59 Å². The number of esters is 1. The van der Waals surface area contributed by atoms with Crippen molar-refractivity contribution in [1.82, 2.24) is 5.32 Å². The van der Waals surface area contributed by atoms with Crippen LogP contribution in [0.3, 0.4) is 0 Å². The van der Waals surface area contributed by atoms with Gasteiger partial charge in [0.2, 0.25) is 0 Å². The first-order valence-corrected chi connectivity index (χ1v) is 7.70. The zero-order valence-electron chi connectivity index (χ0n) is 11.5. The summed E-state index contributed by atoms with van der Waals surface area (Å²) >= 11 is 6.59. The minimum atomic E-state index is -0.852. The van der Waals surface area contributed by atoms with Crippen molar-refractivity contribution in [3.8, 4) is 6.07 Å². The van der Waals surface area contributed by atoms with Crippen LogP contribution in [-0.4, -0.2) is 25.0 Å². The van der Waals surface area contributed by atoms with E-state index < -0.39 is 17.9 Å². The van der Waals surface area contributed by atoms with E-state index in [1.807, 2.05) is 6.07 Å². The minimum Gasteiger partial charge on any atom is -0.467 e. The standard InChI is InChI=1S/C14H14Br2N2O3/c1-8(7-17)3-12(14(20)21-2)18-13(19)9-4-10(15)6-11(16)5-9/h4-6,8,12H,3H2,1-2H3,(H,18,19)/t8-,12+/m0/s1. The van der Waals surface area contributed by atoms with Crippen molar-refractivity contribution in [1.29, 1.82) is 5.26 Å². The summed E-state index contributed by atoms with van der Waals surface area (Å²) in [4.78, 5) is 23.9. The van der Waals surface area contributed by atoms with Gasteiger partial charge in [0.05, 0.1) is 13.2 Å². The Hall–Kier alpha value is -1.39. The number of hydrogen-bond donors (Lipinski definition) is 1. The molecule has 0 heterocycles. The number of nitrogens with one attached hydrogen (secondary N) is 1. The van der Waals surface area contributed by atoms with Gasteiger partial charge in [-0.3, -0.25) is 4.79 Å². The van der Waals surface area contributed by atoms with E-state index in [0.717, 1.165) is 8.95 Å². The third-order valence-electron chi connectivity index (χ3n) is 2.73. The van der Waals surface area contributed by atoms with Crippen LogP contribution < -0.4 is 5.32 Å². The zero-order chi connectivity index (χ0) is 16.0. The number of carbonyl (C=O) groups is 2. The Morgan fingerprint density at radius 3 is 2.38 bits per heavy atom. The highest BCUT2D eigenvalue weighted by atomic mass is 79.9. The molecule has 1 aromatic rings. The largest absolute Gasteiger partial charge is 0.467 e. The topological polar surface area (TPSA) is 79.2 Å². The maximum absolute atomic E-state index is 12.2. The number of hydrogen-bond acceptors (Lipinski definition) is 4. The second-order valence-corrected chi connectivity index (χ2v) is 6.30. The predicted octanol–water partition coefficient (Wildman–Crippen LogP) is 3.03. The van der Waals surface area contributed by atoms with Crippen molar-refractivity contribution in [3.05, 3.63) is 32.7 Å². The molecule has 0 fully saturated rings. The SMILES string of the molecule is COC(=O)[C@@H](C[C@H](C)C#N)NC(=O)c1cc(Br)cc(Br)c1. The molecular weight excluding hydrogens is 404 g/mol. The van der Waals surface area contributed by atoms with E-state index in [1.54, 1.807) is 25.1 Å². The van der Waals surface area contributed by atoms with Crippen molar-refractivity contribution in [2.45, 2.75) is 19.4 Å². The maximum Gasteiger partial charge on any atom is 0.328 e. The van der Waals surface area contributed by atoms with E-state index in [1.165, 1.54) is 7.11 Å². The molecule has 0 aromatic heterocycles. The molecule has 1 rings (SSSR count). The molecule has 112 valence electrons. The molecule has 0 spiro atoms. The number of nitriles is 1. The van der Waals surface area contributed by atoms with E-state index in [2.05, 4.69) is 41.9 Å². The maximum atomic E-state index is 12.2. The average molecular weight is 418 g/mol. The number of ether oxygens (including phenoxy) is 1. The predicted molar refractivity (Wildman–Crippen MR) is 84.5 cm³/mol. The lowest BCUT2D eigenvalue weighted by Gasteiger charge is -2.17. The molecule has 0 bridgehead atoms. The molecule has 0 saturated carbocycles. The van der Waals surface area contributed by atoms with Crippen molar-refractivity contribution >= 4 is 43.7 Å². The van der Waals surface area contributed by atoms with Gasteiger partial charge >= 0.3 is 5.97 Å². The molecule has 0 aliphatic heterocycles. The van der Waals surface area contributed by atoms with Crippen LogP contribution in [0.15, 0.2) is 27.1 Å². The Kier molecular flexibility index (Phi) is 6.85. The van der Waals surface area contributed by atoms with Crippen LogP contribution in [0.5, 0.6) is 0 Å². The first-order chi connectivity index (χ1) is 9.87. The van der Waals surface area contributed by atoms with E-state index in [0.29, 0.717) is 5.56 Å². The molecule has 7 heteroatoms. The first kappa shape index (κ1) is 17.7. The highest BCUT2D eigenvalue weighted by Crippen LogP contribution is 2.20. The van der Waals surface area contributed by atoms with Gasteiger partial charge in [-0.1, -0.05) is 31.9 Å². The van der Waals surface area contributed by atoms with Gasteiger partial charge in [0, 0.05) is 20.4 Å². The molecule has 5 nitrogen and oxygen atoms in total. The third-order valence-corrected chi connectivity index (χ3v) is 3.64. The zero-order valence-corrected chi connectivity index (χ0v) is 14.7. The molecule has 0 unspecified atom stereocenters. The summed E-state index contributed by atoms with van der Waals surface area (Å²) in [5.74, 6) is -1.35. The number of halogens is 2. The van der Waals surface area contributed by atoms with Gasteiger partial charge < -0.3 is 10.1 Å². The highest BCUT2D eigenvalue weighted by Gasteiger charge is 2.24. The van der Waals surface area contributed by atoms with Gasteiger partial charge in [-0.05, 0) is 31.5 Å². The fraction of sp³-hybridized carbons (Fsp3) is 0.357. The van der Waals surface area contributed by atoms with Crippen molar-refractivity contribution in [2.75, 3.05) is 7.11 Å². The molecule has 2 atom stereocenters. The summed E-state index contributed by atoms with van der Waals surface area (Å²) in [5, 5.41) is 11.4. The van der Waals surface area contributed by atoms with Crippen LogP contribution in [0, 0.1) is 17.2 Å². The quantitative estimate of drug-likeness (QED) is 0.746. The van der Waals surface area contributed by atoms with Crippen LogP contribution in [0.25, 0.3) is 0 Å². The van der Waals surface area contributed by atoms with Gasteiger partial charge in [0.25, 0.3) is 5.91 Å². The van der Waals surface area contributed by atoms with Gasteiger partial charge in [0.1, 0.15) is 6.04 Å². The molecule has 0 aliphatic rings. The van der Waals surface area contributed by atoms with E-state index in [4.69, 9.17) is 5.26 Å². The lowest BCUT2D eigenvalue weighted by atomic mass is 10.0. The van der Waals surface area contributed by atoms with E-state index >= 15 is 0 Å². The number of nitrogens with zero attached hydrogens (tertiary/aromatic N) is 1. The monoisotopic (exact) mass is 416 g/mol. The minimum absolute atomic E-state index is 0.198. The lowest BCUT2D eigenvalue weighted by Crippen LogP contribution is -2.42. The van der Waals surface area contributed by atoms with Crippen LogP contribution in [0.1, 0.15) is 23.7 Å². The van der Waals surface area contributed by atoms with Gasteiger partial charge in [0.15, 0.2) is 0 Å². The summed E-state index contributed by atoms with van der Waals surface area (Å²) in [6.45, 7) is 1.68. The fourth-order valence-electron chi connectivity index (χ4n) is 1.69. The summed E-state index contributed by atoms with van der Waals surface area (Å²) in [6, 6.07) is 6.26. The molecular formula is C14H14Br2N2O3. The first-order valence-electron chi connectivity index (χ1n) is 6.11. The van der Waals surface area contributed by atoms with Crippen molar-refractivity contribution in [3.63, 3.8) is 0 Å². The normalized spacial score (nSPS) is 12.9. The highest BCUT2D eigenvalue weighted by molar-refractivity contribution is 9.11. The van der Waals surface area contributed by atoms with Crippen LogP contribution >= 0.6 is 31.9 Å². The van der Waals surface area contributed by atoms with E-state index in [-0.39, 0.29) is 12.3 Å². The second kappa shape index (κ2) is 8.15. The number of amides is 1. The number of carbonyl (C=O) groups excluding carboxylic acids is 2. The Morgan fingerprint density at radius 1 is 1.33 bits per heavy atom. The summed E-state index contributed by atoms with van der Waals surface area (Å²) < 4.78 is 6.14. The molecule has 0 saturated heterocycles. The van der Waals surface area contributed by atoms with Crippen LogP contribution in [-0.2, 0) is 9.53 Å². The number of rotatable bonds is 5. The number of methoxy groups -OCH3 is 1. The lowest BCUT2D eigenvalue weighted by molar-refractivity contribution is -0.143. The molecule has 1 amide bonds. The van der Waals surface area contributed by atoms with Gasteiger partial charge in [-0.2, -0.15) is 5.26 Å². The Labute approximate surface area is 139 Å². The van der Waals surface area contributed by atoms with Gasteiger partial charge in [-0.25, -0.2) is 4.79 Å². The fourth-order valence-corrected chi connectivity index (χ4v) is 2.98. The summed E-state index contributed by atoms with van der Waals surface area (Å²) in [7, 11) is 1.24. The summed E-state index contributed by atoms with van der Waals surface area (Å²) in [5.41, 5.74) is 0.398. The van der Waals surface area contributed by atoms with Crippen molar-refractivity contribution in [2.24, 2.45) is 5.92 Å².